The molecule has 0 aliphatic carbocycles. The molecule has 9 nitrogen and oxygen atoms in total. The van der Waals surface area contributed by atoms with Crippen LogP contribution in [0.15, 0.2) is 83.7 Å². The van der Waals surface area contributed by atoms with E-state index in [-0.39, 0.29) is 28.9 Å². The Bertz CT molecular complexity index is 1550. The summed E-state index contributed by atoms with van der Waals surface area (Å²) in [5, 5.41) is 24.3. The van der Waals surface area contributed by atoms with Gasteiger partial charge in [-0.05, 0) is 48.4 Å². The van der Waals surface area contributed by atoms with Crippen molar-refractivity contribution in [3.63, 3.8) is 0 Å². The minimum Gasteiger partial charge on any atom is -0.506 e. The molecule has 4 rings (SSSR count). The van der Waals surface area contributed by atoms with Gasteiger partial charge in [-0.25, -0.2) is 0 Å². The molecule has 214 valence electrons. The van der Waals surface area contributed by atoms with Gasteiger partial charge in [0.25, 0.3) is 10.1 Å². The molecule has 1 aromatic heterocycles. The highest BCUT2D eigenvalue weighted by molar-refractivity contribution is 7.85. The Hall–Kier alpha value is -3.84. The number of benzene rings is 3. The molecule has 0 saturated heterocycles. The van der Waals surface area contributed by atoms with Crippen molar-refractivity contribution >= 4 is 21.0 Å². The largest absolute Gasteiger partial charge is 0.506 e. The first-order chi connectivity index (χ1) is 18.8. The third kappa shape index (κ3) is 9.42. The van der Waals surface area contributed by atoms with E-state index >= 15 is 0 Å². The van der Waals surface area contributed by atoms with Crippen LogP contribution >= 0.6 is 0 Å². The number of aliphatic hydroxyl groups is 1. The Labute approximate surface area is 229 Å². The number of rotatable bonds is 10. The number of aromatic amines is 1. The van der Waals surface area contributed by atoms with Crippen LogP contribution in [-0.4, -0.2) is 54.1 Å². The van der Waals surface area contributed by atoms with Gasteiger partial charge in [0.2, 0.25) is 5.56 Å². The Morgan fingerprint density at radius 3 is 2.30 bits per heavy atom. The number of aromatic hydroxyl groups is 1. The molecule has 5 N–H and O–H groups in total. The van der Waals surface area contributed by atoms with Crippen molar-refractivity contribution in [2.45, 2.75) is 18.4 Å². The quantitative estimate of drug-likeness (QED) is 0.142. The molecule has 0 bridgehead atoms. The first kappa shape index (κ1) is 30.7. The Balaban J connectivity index is 0.000000810. The van der Waals surface area contributed by atoms with E-state index in [0.29, 0.717) is 35.9 Å². The molecular weight excluding hydrogens is 546 g/mol. The third-order valence-electron chi connectivity index (χ3n) is 5.73. The zero-order valence-electron chi connectivity index (χ0n) is 21.6. The summed E-state index contributed by atoms with van der Waals surface area (Å²) < 4.78 is 59.7. The molecule has 0 aliphatic heterocycles. The maximum Gasteiger partial charge on any atom is 0.306 e. The highest BCUT2D eigenvalue weighted by Gasteiger charge is 2.32. The Morgan fingerprint density at radius 2 is 1.65 bits per heavy atom. The van der Waals surface area contributed by atoms with Crippen LogP contribution in [-0.2, 0) is 22.5 Å². The van der Waals surface area contributed by atoms with Crippen LogP contribution in [0.3, 0.4) is 0 Å². The van der Waals surface area contributed by atoms with Gasteiger partial charge in [-0.2, -0.15) is 17.2 Å². The summed E-state index contributed by atoms with van der Waals surface area (Å²) in [4.78, 5) is 14.1. The van der Waals surface area contributed by atoms with Gasteiger partial charge in [-0.1, -0.05) is 48.5 Å². The highest BCUT2D eigenvalue weighted by atomic mass is 32.2. The molecule has 12 heteroatoms. The summed E-state index contributed by atoms with van der Waals surface area (Å²) >= 11 is 0. The smallest absolute Gasteiger partial charge is 0.306 e. The Kier molecular flexibility index (Phi) is 10.3. The lowest BCUT2D eigenvalue weighted by molar-refractivity contribution is -0.0467. The first-order valence-corrected chi connectivity index (χ1v) is 14.0. The number of nitrogens with one attached hydrogen (secondary N) is 2. The zero-order chi connectivity index (χ0) is 29.3. The van der Waals surface area contributed by atoms with Crippen LogP contribution < -0.4 is 15.6 Å². The fourth-order valence-corrected chi connectivity index (χ4v) is 3.82. The summed E-state index contributed by atoms with van der Waals surface area (Å²) in [7, 11) is -3.67. The van der Waals surface area contributed by atoms with Crippen molar-refractivity contribution < 1.29 is 36.7 Å². The van der Waals surface area contributed by atoms with Crippen LogP contribution in [0.4, 0.5) is 8.78 Å². The van der Waals surface area contributed by atoms with E-state index < -0.39 is 28.8 Å². The molecular formula is C28H30F2N2O7S. The topological polar surface area (TPSA) is 149 Å². The zero-order valence-corrected chi connectivity index (χ0v) is 22.4. The molecule has 0 aliphatic rings. The average molecular weight is 577 g/mol. The number of phenolic OH excluding ortho intramolecular Hbond substituents is 1. The molecule has 0 radical (unpaired) electrons. The summed E-state index contributed by atoms with van der Waals surface area (Å²) in [5.74, 6) is -2.77. The van der Waals surface area contributed by atoms with Crippen LogP contribution in [0, 0.1) is 0 Å². The second-order valence-electron chi connectivity index (χ2n) is 8.99. The van der Waals surface area contributed by atoms with E-state index in [0.717, 1.165) is 5.56 Å². The van der Waals surface area contributed by atoms with Crippen molar-refractivity contribution in [2.24, 2.45) is 0 Å². The molecule has 0 spiro atoms. The second kappa shape index (κ2) is 13.5. The van der Waals surface area contributed by atoms with Crippen molar-refractivity contribution in [3.8, 4) is 11.5 Å². The van der Waals surface area contributed by atoms with Crippen molar-refractivity contribution in [3.05, 3.63) is 106 Å². The van der Waals surface area contributed by atoms with Crippen molar-refractivity contribution in [1.29, 1.82) is 0 Å². The lowest BCUT2D eigenvalue weighted by atomic mass is 10.0. The number of fused-ring (bicyclic) bond motifs is 1. The van der Waals surface area contributed by atoms with E-state index in [4.69, 9.17) is 9.29 Å². The number of hydrogen-bond donors (Lipinski definition) is 5. The first-order valence-electron chi connectivity index (χ1n) is 12.1. The molecule has 3 aromatic carbocycles. The minimum atomic E-state index is -3.67. The van der Waals surface area contributed by atoms with E-state index in [1.54, 1.807) is 42.5 Å². The molecule has 0 saturated carbocycles. The van der Waals surface area contributed by atoms with Gasteiger partial charge < -0.3 is 25.3 Å². The monoisotopic (exact) mass is 576 g/mol. The second-order valence-corrected chi connectivity index (χ2v) is 10.5. The fourth-order valence-electron chi connectivity index (χ4n) is 3.82. The Morgan fingerprint density at radius 1 is 1.00 bits per heavy atom. The number of phenols is 1. The maximum absolute atomic E-state index is 14.3. The van der Waals surface area contributed by atoms with Gasteiger partial charge in [-0.3, -0.25) is 9.35 Å². The number of aliphatic hydroxyl groups excluding tert-OH is 1. The number of pyridine rings is 1. The number of alkyl halides is 2. The van der Waals surface area contributed by atoms with Crippen LogP contribution in [0.1, 0.15) is 22.8 Å². The number of halogens is 2. The number of hydrogen-bond acceptors (Lipinski definition) is 7. The van der Waals surface area contributed by atoms with Crippen LogP contribution in [0.2, 0.25) is 0 Å². The van der Waals surface area contributed by atoms with E-state index in [2.05, 4.69) is 10.3 Å². The van der Waals surface area contributed by atoms with Crippen molar-refractivity contribution in [1.82, 2.24) is 10.3 Å². The van der Waals surface area contributed by atoms with Gasteiger partial charge in [0.05, 0.1) is 17.9 Å². The summed E-state index contributed by atoms with van der Waals surface area (Å²) in [6.45, 7) is 0.112. The van der Waals surface area contributed by atoms with Gasteiger partial charge in [0.15, 0.2) is 6.61 Å². The standard InChI is InChI=1S/C27H26F2N2O4.CH4O3S/c28-27(29,19-4-2-1-3-5-19)17-35-20-8-6-18(7-9-20)14-15-30-16-24(33)21-10-12-23(32)26-22(21)11-13-25(34)31-26;1-5(2,3)4/h1-13,24,30,32-33H,14-17H2,(H,31,34);1H3,(H,2,3,4)/t24-;/m0./s1. The fraction of sp³-hybridized carbons (Fsp3) is 0.250. The lowest BCUT2D eigenvalue weighted by Gasteiger charge is -2.17. The van der Waals surface area contributed by atoms with Gasteiger partial charge in [-0.15, -0.1) is 0 Å². The molecule has 4 aromatic rings. The van der Waals surface area contributed by atoms with Crippen molar-refractivity contribution in [2.75, 3.05) is 26.0 Å². The number of H-pyrrole nitrogens is 1. The van der Waals surface area contributed by atoms with Crippen LogP contribution in [0.5, 0.6) is 11.5 Å². The van der Waals surface area contributed by atoms with Gasteiger partial charge in [0.1, 0.15) is 11.5 Å². The van der Waals surface area contributed by atoms with E-state index in [1.807, 2.05) is 12.1 Å². The molecule has 1 atom stereocenters. The summed E-state index contributed by atoms with van der Waals surface area (Å²) in [5.41, 5.74) is 1.45. The predicted molar refractivity (Wildman–Crippen MR) is 148 cm³/mol. The molecule has 40 heavy (non-hydrogen) atoms. The SMILES string of the molecule is CS(=O)(=O)O.O=c1ccc2c([C@@H](O)CNCCc3ccc(OCC(F)(F)c4ccccc4)cc3)ccc(O)c2[nH]1. The summed E-state index contributed by atoms with van der Waals surface area (Å²) in [6, 6.07) is 20.5. The van der Waals surface area contributed by atoms with E-state index in [9.17, 15) is 32.2 Å². The lowest BCUT2D eigenvalue weighted by Crippen LogP contribution is -2.24. The minimum absolute atomic E-state index is 0.0576. The van der Waals surface area contributed by atoms with Crippen LogP contribution in [0.25, 0.3) is 10.9 Å². The van der Waals surface area contributed by atoms with Gasteiger partial charge >= 0.3 is 5.92 Å². The average Bonchev–Trinajstić information content (AvgIpc) is 2.90. The van der Waals surface area contributed by atoms with E-state index in [1.165, 1.54) is 24.3 Å². The predicted octanol–water partition coefficient (Wildman–Crippen LogP) is 3.77. The molecule has 1 heterocycles. The normalized spacial score (nSPS) is 12.4. The molecule has 0 unspecified atom stereocenters. The maximum atomic E-state index is 14.3. The van der Waals surface area contributed by atoms with Gasteiger partial charge in [0, 0.05) is 23.6 Å². The summed E-state index contributed by atoms with van der Waals surface area (Å²) in [6.07, 6.45) is 0.537. The number of ether oxygens (including phenoxy) is 1. The highest BCUT2D eigenvalue weighted by Crippen LogP contribution is 2.29. The molecule has 0 fully saturated rings. The number of aromatic nitrogens is 1. The third-order valence-corrected chi connectivity index (χ3v) is 5.73. The molecule has 0 amide bonds.